The summed E-state index contributed by atoms with van der Waals surface area (Å²) in [5.41, 5.74) is -0.114. The number of ether oxygens (including phenoxy) is 4. The first-order valence-corrected chi connectivity index (χ1v) is 10.3. The molecule has 3 aromatic rings. The molecule has 176 valence electrons. The standard InChI is InChI=1S/C22H23F3N4O4/c1-13-27-17-9-18(30-2)19(33-12-15-11-31-6-7-32-15)8-16(17)21(28-13)26-10-14-4-3-5-20(29-14)22(23,24)25/h3-5,8-9,15H,6-7,10-12H2,1-2H3,(H,26,27,28)/t15-/m0/s1. The lowest BCUT2D eigenvalue weighted by molar-refractivity contribution is -0.141. The van der Waals surface area contributed by atoms with Crippen molar-refractivity contribution in [3.05, 3.63) is 47.5 Å². The fourth-order valence-electron chi connectivity index (χ4n) is 3.39. The Kier molecular flexibility index (Phi) is 6.80. The van der Waals surface area contributed by atoms with E-state index in [0.29, 0.717) is 53.9 Å². The van der Waals surface area contributed by atoms with Crippen LogP contribution in [-0.2, 0) is 22.2 Å². The van der Waals surface area contributed by atoms with Crippen LogP contribution in [0.1, 0.15) is 17.2 Å². The molecule has 0 unspecified atom stereocenters. The van der Waals surface area contributed by atoms with E-state index in [0.717, 1.165) is 6.07 Å². The van der Waals surface area contributed by atoms with Crippen molar-refractivity contribution in [3.8, 4) is 11.5 Å². The maximum Gasteiger partial charge on any atom is 0.433 e. The van der Waals surface area contributed by atoms with Gasteiger partial charge in [0, 0.05) is 11.5 Å². The van der Waals surface area contributed by atoms with Gasteiger partial charge in [0.15, 0.2) is 11.5 Å². The summed E-state index contributed by atoms with van der Waals surface area (Å²) in [6, 6.07) is 7.24. The molecule has 1 fully saturated rings. The molecular formula is C22H23F3N4O4. The highest BCUT2D eigenvalue weighted by molar-refractivity contribution is 5.91. The van der Waals surface area contributed by atoms with Crippen LogP contribution >= 0.6 is 0 Å². The van der Waals surface area contributed by atoms with Crippen LogP contribution in [0.15, 0.2) is 30.3 Å². The van der Waals surface area contributed by atoms with Gasteiger partial charge in [0.2, 0.25) is 0 Å². The second-order valence-electron chi connectivity index (χ2n) is 7.38. The average Bonchev–Trinajstić information content (AvgIpc) is 2.81. The first kappa shape index (κ1) is 23.0. The summed E-state index contributed by atoms with van der Waals surface area (Å²) in [4.78, 5) is 12.5. The minimum absolute atomic E-state index is 0.0466. The molecule has 0 aliphatic carbocycles. The monoisotopic (exact) mass is 464 g/mol. The number of pyridine rings is 1. The Hall–Kier alpha value is -3.18. The van der Waals surface area contributed by atoms with Crippen molar-refractivity contribution >= 4 is 16.7 Å². The average molecular weight is 464 g/mol. The van der Waals surface area contributed by atoms with Crippen molar-refractivity contribution in [2.75, 3.05) is 38.9 Å². The number of nitrogens with one attached hydrogen (secondary N) is 1. The van der Waals surface area contributed by atoms with E-state index in [4.69, 9.17) is 18.9 Å². The Morgan fingerprint density at radius 2 is 1.97 bits per heavy atom. The van der Waals surface area contributed by atoms with Crippen LogP contribution in [0.3, 0.4) is 0 Å². The molecule has 11 heteroatoms. The van der Waals surface area contributed by atoms with Crippen molar-refractivity contribution in [3.63, 3.8) is 0 Å². The predicted molar refractivity (Wildman–Crippen MR) is 113 cm³/mol. The molecular weight excluding hydrogens is 441 g/mol. The van der Waals surface area contributed by atoms with Gasteiger partial charge in [-0.2, -0.15) is 13.2 Å². The van der Waals surface area contributed by atoms with Gasteiger partial charge in [0.05, 0.1) is 44.7 Å². The number of hydrogen-bond donors (Lipinski definition) is 1. The summed E-state index contributed by atoms with van der Waals surface area (Å²) >= 11 is 0. The Balaban J connectivity index is 1.59. The van der Waals surface area contributed by atoms with Crippen molar-refractivity contribution in [1.29, 1.82) is 0 Å². The summed E-state index contributed by atoms with van der Waals surface area (Å²) in [5, 5.41) is 3.70. The molecule has 0 spiro atoms. The van der Waals surface area contributed by atoms with E-state index in [-0.39, 0.29) is 24.9 Å². The van der Waals surface area contributed by atoms with Crippen LogP contribution in [0.25, 0.3) is 10.9 Å². The minimum atomic E-state index is -4.51. The van der Waals surface area contributed by atoms with Gasteiger partial charge in [0.1, 0.15) is 30.0 Å². The van der Waals surface area contributed by atoms with Gasteiger partial charge in [-0.25, -0.2) is 15.0 Å². The SMILES string of the molecule is COc1cc2nc(C)nc(NCc3cccc(C(F)(F)F)n3)c2cc1OC[C@@H]1COCCO1. The number of benzene rings is 1. The van der Waals surface area contributed by atoms with E-state index in [9.17, 15) is 13.2 Å². The van der Waals surface area contributed by atoms with E-state index in [1.165, 1.54) is 19.2 Å². The molecule has 1 aromatic carbocycles. The molecule has 1 atom stereocenters. The molecule has 33 heavy (non-hydrogen) atoms. The maximum absolute atomic E-state index is 13.0. The van der Waals surface area contributed by atoms with Crippen molar-refractivity contribution in [2.24, 2.45) is 0 Å². The summed E-state index contributed by atoms with van der Waals surface area (Å²) in [7, 11) is 1.53. The van der Waals surface area contributed by atoms with Crippen LogP contribution in [0.5, 0.6) is 11.5 Å². The van der Waals surface area contributed by atoms with Gasteiger partial charge in [-0.1, -0.05) is 6.07 Å². The highest BCUT2D eigenvalue weighted by atomic mass is 19.4. The molecule has 0 bridgehead atoms. The van der Waals surface area contributed by atoms with Crippen molar-refractivity contribution < 1.29 is 32.1 Å². The van der Waals surface area contributed by atoms with E-state index in [1.54, 1.807) is 19.1 Å². The number of anilines is 1. The topological polar surface area (TPSA) is 87.6 Å². The lowest BCUT2D eigenvalue weighted by Gasteiger charge is -2.23. The summed E-state index contributed by atoms with van der Waals surface area (Å²) < 4.78 is 61.3. The quantitative estimate of drug-likeness (QED) is 0.566. The third kappa shape index (κ3) is 5.60. The van der Waals surface area contributed by atoms with Crippen LogP contribution in [0.4, 0.5) is 19.0 Å². The fourth-order valence-corrected chi connectivity index (χ4v) is 3.39. The Labute approximate surface area is 188 Å². The number of methoxy groups -OCH3 is 1. The smallest absolute Gasteiger partial charge is 0.433 e. The predicted octanol–water partition coefficient (Wildman–Crippen LogP) is 3.77. The lowest BCUT2D eigenvalue weighted by Crippen LogP contribution is -2.33. The van der Waals surface area contributed by atoms with E-state index < -0.39 is 11.9 Å². The third-order valence-corrected chi connectivity index (χ3v) is 4.94. The highest BCUT2D eigenvalue weighted by Gasteiger charge is 2.32. The summed E-state index contributed by atoms with van der Waals surface area (Å²) in [6.45, 7) is 3.55. The van der Waals surface area contributed by atoms with Gasteiger partial charge < -0.3 is 24.3 Å². The van der Waals surface area contributed by atoms with Crippen molar-refractivity contribution in [2.45, 2.75) is 25.7 Å². The first-order chi connectivity index (χ1) is 15.8. The molecule has 1 aliphatic heterocycles. The van der Waals surface area contributed by atoms with Crippen LogP contribution < -0.4 is 14.8 Å². The molecule has 1 saturated heterocycles. The van der Waals surface area contributed by atoms with Crippen LogP contribution in [-0.4, -0.2) is 54.6 Å². The highest BCUT2D eigenvalue weighted by Crippen LogP contribution is 2.35. The normalized spacial score (nSPS) is 16.6. The number of aromatic nitrogens is 3. The lowest BCUT2D eigenvalue weighted by atomic mass is 10.2. The van der Waals surface area contributed by atoms with E-state index in [1.807, 2.05) is 0 Å². The molecule has 8 nitrogen and oxygen atoms in total. The van der Waals surface area contributed by atoms with Crippen molar-refractivity contribution in [1.82, 2.24) is 15.0 Å². The number of hydrogen-bond acceptors (Lipinski definition) is 8. The molecule has 2 aromatic heterocycles. The summed E-state index contributed by atoms with van der Waals surface area (Å²) in [5.74, 6) is 1.89. The maximum atomic E-state index is 13.0. The molecule has 4 rings (SSSR count). The number of rotatable bonds is 7. The molecule has 0 saturated carbocycles. The zero-order valence-electron chi connectivity index (χ0n) is 18.1. The van der Waals surface area contributed by atoms with E-state index in [2.05, 4.69) is 20.3 Å². The van der Waals surface area contributed by atoms with Crippen LogP contribution in [0, 0.1) is 6.92 Å². The van der Waals surface area contributed by atoms with Gasteiger partial charge in [0.25, 0.3) is 0 Å². The van der Waals surface area contributed by atoms with Gasteiger partial charge in [-0.3, -0.25) is 0 Å². The van der Waals surface area contributed by atoms with Gasteiger partial charge >= 0.3 is 6.18 Å². The number of halogens is 3. The molecule has 3 heterocycles. The molecule has 0 radical (unpaired) electrons. The molecule has 1 aliphatic rings. The Bertz CT molecular complexity index is 1120. The number of aryl methyl sites for hydroxylation is 1. The third-order valence-electron chi connectivity index (χ3n) is 4.94. The van der Waals surface area contributed by atoms with E-state index >= 15 is 0 Å². The molecule has 0 amide bonds. The number of nitrogens with zero attached hydrogens (tertiary/aromatic N) is 3. The van der Waals surface area contributed by atoms with Gasteiger partial charge in [-0.05, 0) is 25.1 Å². The summed E-state index contributed by atoms with van der Waals surface area (Å²) in [6.07, 6.45) is -4.71. The zero-order valence-corrected chi connectivity index (χ0v) is 18.1. The number of alkyl halides is 3. The van der Waals surface area contributed by atoms with Crippen LogP contribution in [0.2, 0.25) is 0 Å². The van der Waals surface area contributed by atoms with Gasteiger partial charge in [-0.15, -0.1) is 0 Å². The Morgan fingerprint density at radius 3 is 2.70 bits per heavy atom. The molecule has 1 N–H and O–H groups in total. The minimum Gasteiger partial charge on any atom is -0.493 e. The first-order valence-electron chi connectivity index (χ1n) is 10.3. The number of fused-ring (bicyclic) bond motifs is 1. The Morgan fingerprint density at radius 1 is 1.12 bits per heavy atom. The second kappa shape index (κ2) is 9.75. The second-order valence-corrected chi connectivity index (χ2v) is 7.38. The largest absolute Gasteiger partial charge is 0.493 e. The fraction of sp³-hybridized carbons (Fsp3) is 0.409. The zero-order chi connectivity index (χ0) is 23.4.